The van der Waals surface area contributed by atoms with Crippen molar-refractivity contribution in [3.8, 4) is 5.75 Å². The van der Waals surface area contributed by atoms with Gasteiger partial charge in [0.2, 0.25) is 0 Å². The van der Waals surface area contributed by atoms with E-state index in [1.807, 2.05) is 0 Å². The lowest BCUT2D eigenvalue weighted by molar-refractivity contribution is 0.0696. The van der Waals surface area contributed by atoms with E-state index in [4.69, 9.17) is 9.84 Å². The van der Waals surface area contributed by atoms with Crippen LogP contribution in [0.1, 0.15) is 22.8 Å². The highest BCUT2D eigenvalue weighted by Gasteiger charge is 2.08. The van der Waals surface area contributed by atoms with Crippen LogP contribution in [0.2, 0.25) is 0 Å². The Kier molecular flexibility index (Phi) is 4.49. The van der Waals surface area contributed by atoms with Gasteiger partial charge in [0, 0.05) is 11.3 Å². The maximum atomic E-state index is 10.8. The largest absolute Gasteiger partial charge is 0.496 e. The third kappa shape index (κ3) is 3.16. The number of hydrogen-bond donors (Lipinski definition) is 1. The summed E-state index contributed by atoms with van der Waals surface area (Å²) in [7, 11) is 1.59. The smallest absolute Gasteiger partial charge is 0.335 e. The molecule has 0 saturated carbocycles. The van der Waals surface area contributed by atoms with E-state index in [0.717, 1.165) is 22.8 Å². The molecular formula is C11H14O3S. The van der Waals surface area contributed by atoms with Crippen LogP contribution >= 0.6 is 11.8 Å². The molecule has 1 rings (SSSR count). The molecule has 0 heterocycles. The van der Waals surface area contributed by atoms with Crippen LogP contribution in [0.5, 0.6) is 5.75 Å². The molecule has 15 heavy (non-hydrogen) atoms. The van der Waals surface area contributed by atoms with Crippen LogP contribution in [0, 0.1) is 0 Å². The summed E-state index contributed by atoms with van der Waals surface area (Å²) in [4.78, 5) is 10.8. The molecule has 1 aromatic rings. The topological polar surface area (TPSA) is 46.5 Å². The third-order valence-corrected chi connectivity index (χ3v) is 2.91. The lowest BCUT2D eigenvalue weighted by Crippen LogP contribution is -1.99. The van der Waals surface area contributed by atoms with Gasteiger partial charge >= 0.3 is 5.97 Å². The predicted octanol–water partition coefficient (Wildman–Crippen LogP) is 2.65. The van der Waals surface area contributed by atoms with Crippen molar-refractivity contribution in [1.82, 2.24) is 0 Å². The monoisotopic (exact) mass is 226 g/mol. The Labute approximate surface area is 93.4 Å². The zero-order valence-electron chi connectivity index (χ0n) is 8.82. The van der Waals surface area contributed by atoms with Crippen LogP contribution in [-0.2, 0) is 5.75 Å². The van der Waals surface area contributed by atoms with Crippen molar-refractivity contribution in [1.29, 1.82) is 0 Å². The van der Waals surface area contributed by atoms with Crippen molar-refractivity contribution >= 4 is 17.7 Å². The minimum absolute atomic E-state index is 0.308. The number of methoxy groups -OCH3 is 1. The number of thioether (sulfide) groups is 1. The van der Waals surface area contributed by atoms with Gasteiger partial charge in [-0.15, -0.1) is 0 Å². The molecule has 3 nitrogen and oxygen atoms in total. The summed E-state index contributed by atoms with van der Waals surface area (Å²) in [5.41, 5.74) is 1.24. The lowest BCUT2D eigenvalue weighted by Gasteiger charge is -2.08. The molecule has 0 fully saturated rings. The molecule has 1 aromatic carbocycles. The molecule has 0 aliphatic carbocycles. The average Bonchev–Trinajstić information content (AvgIpc) is 2.25. The zero-order chi connectivity index (χ0) is 11.3. The molecule has 0 unspecified atom stereocenters. The van der Waals surface area contributed by atoms with E-state index in [-0.39, 0.29) is 0 Å². The Bertz CT molecular complexity index is 350. The van der Waals surface area contributed by atoms with E-state index < -0.39 is 5.97 Å². The SMILES string of the molecule is CCSCc1cc(C(=O)O)ccc1OC. The van der Waals surface area contributed by atoms with Gasteiger partial charge in [-0.1, -0.05) is 6.92 Å². The molecule has 4 heteroatoms. The van der Waals surface area contributed by atoms with Crippen molar-refractivity contribution < 1.29 is 14.6 Å². The van der Waals surface area contributed by atoms with E-state index in [0.29, 0.717) is 5.56 Å². The Morgan fingerprint density at radius 2 is 2.27 bits per heavy atom. The van der Waals surface area contributed by atoms with Crippen LogP contribution in [0.4, 0.5) is 0 Å². The number of ether oxygens (including phenoxy) is 1. The van der Waals surface area contributed by atoms with Crippen LogP contribution in [0.25, 0.3) is 0 Å². The van der Waals surface area contributed by atoms with Crippen LogP contribution in [-0.4, -0.2) is 23.9 Å². The Hall–Kier alpha value is -1.16. The highest BCUT2D eigenvalue weighted by atomic mass is 32.2. The first-order valence-electron chi connectivity index (χ1n) is 4.67. The summed E-state index contributed by atoms with van der Waals surface area (Å²) in [5.74, 6) is 1.63. The maximum Gasteiger partial charge on any atom is 0.335 e. The van der Waals surface area contributed by atoms with Gasteiger partial charge in [0.05, 0.1) is 12.7 Å². The Morgan fingerprint density at radius 1 is 1.53 bits per heavy atom. The number of aromatic carboxylic acids is 1. The average molecular weight is 226 g/mol. The predicted molar refractivity (Wildman–Crippen MR) is 61.8 cm³/mol. The van der Waals surface area contributed by atoms with Crippen LogP contribution in [0.3, 0.4) is 0 Å². The highest BCUT2D eigenvalue weighted by Crippen LogP contribution is 2.24. The number of carboxylic acids is 1. The van der Waals surface area contributed by atoms with Gasteiger partial charge in [-0.05, 0) is 24.0 Å². The Morgan fingerprint density at radius 3 is 2.80 bits per heavy atom. The summed E-state index contributed by atoms with van der Waals surface area (Å²) in [6.45, 7) is 2.07. The van der Waals surface area contributed by atoms with E-state index in [9.17, 15) is 4.79 Å². The molecule has 0 saturated heterocycles. The van der Waals surface area contributed by atoms with Gasteiger partial charge in [-0.25, -0.2) is 4.79 Å². The summed E-state index contributed by atoms with van der Waals surface area (Å²) < 4.78 is 5.17. The molecule has 0 spiro atoms. The van der Waals surface area contributed by atoms with E-state index in [1.54, 1.807) is 37.1 Å². The molecule has 0 atom stereocenters. The maximum absolute atomic E-state index is 10.8. The first-order chi connectivity index (χ1) is 7.19. The highest BCUT2D eigenvalue weighted by molar-refractivity contribution is 7.98. The third-order valence-electron chi connectivity index (χ3n) is 1.99. The zero-order valence-corrected chi connectivity index (χ0v) is 9.63. The molecule has 0 amide bonds. The van der Waals surface area contributed by atoms with Gasteiger partial charge in [-0.3, -0.25) is 0 Å². The van der Waals surface area contributed by atoms with Crippen molar-refractivity contribution in [3.63, 3.8) is 0 Å². The number of rotatable bonds is 5. The van der Waals surface area contributed by atoms with Crippen molar-refractivity contribution in [2.75, 3.05) is 12.9 Å². The fraction of sp³-hybridized carbons (Fsp3) is 0.364. The fourth-order valence-electron chi connectivity index (χ4n) is 1.24. The fourth-order valence-corrected chi connectivity index (χ4v) is 1.89. The number of carboxylic acid groups (broad SMARTS) is 1. The second kappa shape index (κ2) is 5.66. The summed E-state index contributed by atoms with van der Waals surface area (Å²) in [6, 6.07) is 4.93. The summed E-state index contributed by atoms with van der Waals surface area (Å²) >= 11 is 1.74. The Balaban J connectivity index is 2.96. The molecule has 0 bridgehead atoms. The minimum Gasteiger partial charge on any atom is -0.496 e. The minimum atomic E-state index is -0.902. The van der Waals surface area contributed by atoms with Gasteiger partial charge in [0.25, 0.3) is 0 Å². The number of carbonyl (C=O) groups is 1. The molecule has 0 aromatic heterocycles. The quantitative estimate of drug-likeness (QED) is 0.838. The molecule has 0 radical (unpaired) electrons. The molecule has 82 valence electrons. The van der Waals surface area contributed by atoms with Gasteiger partial charge in [-0.2, -0.15) is 11.8 Å². The summed E-state index contributed by atoms with van der Waals surface area (Å²) in [6.07, 6.45) is 0. The second-order valence-electron chi connectivity index (χ2n) is 2.97. The van der Waals surface area contributed by atoms with E-state index in [1.165, 1.54) is 0 Å². The van der Waals surface area contributed by atoms with Gasteiger partial charge < -0.3 is 9.84 Å². The van der Waals surface area contributed by atoms with Crippen molar-refractivity contribution in [3.05, 3.63) is 29.3 Å². The number of hydrogen-bond acceptors (Lipinski definition) is 3. The lowest BCUT2D eigenvalue weighted by atomic mass is 10.1. The van der Waals surface area contributed by atoms with Crippen molar-refractivity contribution in [2.24, 2.45) is 0 Å². The second-order valence-corrected chi connectivity index (χ2v) is 4.24. The van der Waals surface area contributed by atoms with Crippen LogP contribution in [0.15, 0.2) is 18.2 Å². The van der Waals surface area contributed by atoms with Crippen molar-refractivity contribution in [2.45, 2.75) is 12.7 Å². The van der Waals surface area contributed by atoms with E-state index >= 15 is 0 Å². The van der Waals surface area contributed by atoms with Gasteiger partial charge in [0.15, 0.2) is 0 Å². The molecule has 0 aliphatic heterocycles. The normalized spacial score (nSPS) is 10.0. The molecule has 1 N–H and O–H groups in total. The first-order valence-corrected chi connectivity index (χ1v) is 5.82. The first kappa shape index (κ1) is 11.9. The molecular weight excluding hydrogens is 212 g/mol. The standard InChI is InChI=1S/C11H14O3S/c1-3-15-7-9-6-8(11(12)13)4-5-10(9)14-2/h4-6H,3,7H2,1-2H3,(H,12,13). The molecule has 0 aliphatic rings. The van der Waals surface area contributed by atoms with Gasteiger partial charge in [0.1, 0.15) is 5.75 Å². The number of benzene rings is 1. The van der Waals surface area contributed by atoms with E-state index in [2.05, 4.69) is 6.92 Å². The van der Waals surface area contributed by atoms with Crippen LogP contribution < -0.4 is 4.74 Å². The summed E-state index contributed by atoms with van der Waals surface area (Å²) in [5, 5.41) is 8.85.